The molecule has 0 saturated heterocycles. The molecule has 0 spiro atoms. The predicted octanol–water partition coefficient (Wildman–Crippen LogP) is 4.06. The van der Waals surface area contributed by atoms with E-state index in [0.717, 1.165) is 12.8 Å². The van der Waals surface area contributed by atoms with Crippen molar-refractivity contribution in [3.05, 3.63) is 25.7 Å². The van der Waals surface area contributed by atoms with Crippen molar-refractivity contribution in [3.8, 4) is 0 Å². The summed E-state index contributed by atoms with van der Waals surface area (Å²) in [7, 11) is 0. The molecule has 0 aromatic carbocycles. The molecular formula is C13H26Mg2. The number of rotatable bonds is 5. The molecule has 0 N–H and O–H groups in total. The van der Waals surface area contributed by atoms with Crippen LogP contribution in [0, 0.1) is 25.7 Å². The van der Waals surface area contributed by atoms with Crippen molar-refractivity contribution >= 4 is 46.1 Å². The molecule has 0 unspecified atom stereocenters. The van der Waals surface area contributed by atoms with Crippen molar-refractivity contribution in [2.75, 3.05) is 0 Å². The van der Waals surface area contributed by atoms with Crippen LogP contribution in [-0.4, -0.2) is 46.1 Å². The Morgan fingerprint density at radius 2 is 1.00 bits per heavy atom. The molecule has 0 aromatic rings. The summed E-state index contributed by atoms with van der Waals surface area (Å²) >= 11 is 0. The van der Waals surface area contributed by atoms with Gasteiger partial charge in [-0.2, -0.15) is 40.5 Å². The van der Waals surface area contributed by atoms with E-state index in [9.17, 15) is 0 Å². The Bertz CT molecular complexity index is 70.6. The fourth-order valence-electron chi connectivity index (χ4n) is 0.677. The van der Waals surface area contributed by atoms with E-state index in [1.54, 1.807) is 0 Å². The molecule has 0 aliphatic rings. The molecule has 0 atom stereocenters. The van der Waals surface area contributed by atoms with Crippen molar-refractivity contribution in [2.45, 2.75) is 59.8 Å². The minimum absolute atomic E-state index is 0. The van der Waals surface area contributed by atoms with Gasteiger partial charge >= 0.3 is 46.1 Å². The van der Waals surface area contributed by atoms with Gasteiger partial charge in [-0.3, -0.25) is 0 Å². The Morgan fingerprint density at radius 3 is 1.07 bits per heavy atom. The third-order valence-corrected chi connectivity index (χ3v) is 1.62. The van der Waals surface area contributed by atoms with Crippen molar-refractivity contribution < 1.29 is 0 Å². The summed E-state index contributed by atoms with van der Waals surface area (Å²) in [5, 5.41) is 0. The van der Waals surface area contributed by atoms with Gasteiger partial charge in [0.05, 0.1) is 0 Å². The standard InChI is InChI=1S/C8H16.C5H10.2Mg/c1-7(2)5-6-8(3)4;1-3-5-4-2;;/h5-6H2,1-4H3;1-5H2;;/q2*-2;2*+2. The number of unbranched alkanes of at least 4 members (excludes halogenated alkanes) is 2. The molecule has 15 heavy (non-hydrogen) atoms. The fourth-order valence-corrected chi connectivity index (χ4v) is 0.677. The molecule has 0 aliphatic heterocycles. The predicted molar refractivity (Wildman–Crippen MR) is 74.5 cm³/mol. The summed E-state index contributed by atoms with van der Waals surface area (Å²) in [6, 6.07) is 0. The van der Waals surface area contributed by atoms with Crippen molar-refractivity contribution in [3.63, 3.8) is 0 Å². The summed E-state index contributed by atoms with van der Waals surface area (Å²) in [6.07, 6.45) is 5.76. The summed E-state index contributed by atoms with van der Waals surface area (Å²) in [5.41, 5.74) is 0. The van der Waals surface area contributed by atoms with Gasteiger partial charge in [0, 0.05) is 0 Å². The maximum absolute atomic E-state index is 3.64. The monoisotopic (exact) mass is 230 g/mol. The Hall–Kier alpha value is 1.53. The summed E-state index contributed by atoms with van der Waals surface area (Å²) < 4.78 is 0. The van der Waals surface area contributed by atoms with Crippen LogP contribution in [0.4, 0.5) is 0 Å². The van der Waals surface area contributed by atoms with E-state index in [1.807, 2.05) is 0 Å². The molecule has 0 aromatic heterocycles. The van der Waals surface area contributed by atoms with E-state index < -0.39 is 0 Å². The largest absolute Gasteiger partial charge is 2.00 e. The third kappa shape index (κ3) is 39.1. The molecule has 0 nitrogen and oxygen atoms in total. The summed E-state index contributed by atoms with van der Waals surface area (Å²) in [4.78, 5) is 0. The molecule has 0 fully saturated rings. The molecular weight excluding hydrogens is 205 g/mol. The van der Waals surface area contributed by atoms with Gasteiger partial charge in [0.15, 0.2) is 0 Å². The molecule has 0 saturated carbocycles. The third-order valence-electron chi connectivity index (χ3n) is 1.62. The van der Waals surface area contributed by atoms with E-state index >= 15 is 0 Å². The van der Waals surface area contributed by atoms with Gasteiger partial charge in [-0.15, -0.1) is 6.42 Å². The first kappa shape index (κ1) is 25.4. The minimum atomic E-state index is 0. The molecule has 0 heterocycles. The second kappa shape index (κ2) is 20.9. The molecule has 0 rings (SSSR count). The van der Waals surface area contributed by atoms with Crippen LogP contribution in [0.2, 0.25) is 0 Å². The topological polar surface area (TPSA) is 0 Å². The zero-order chi connectivity index (χ0) is 10.7. The van der Waals surface area contributed by atoms with Crippen LogP contribution in [0.15, 0.2) is 0 Å². The van der Waals surface area contributed by atoms with Gasteiger partial charge in [-0.05, 0) is 0 Å². The summed E-state index contributed by atoms with van der Waals surface area (Å²) in [6.45, 7) is 16.0. The van der Waals surface area contributed by atoms with Gasteiger partial charge in [0.1, 0.15) is 0 Å². The van der Waals surface area contributed by atoms with E-state index in [1.165, 1.54) is 31.1 Å². The molecule has 0 bridgehead atoms. The second-order valence-corrected chi connectivity index (χ2v) is 3.97. The van der Waals surface area contributed by atoms with Gasteiger partial charge in [0.2, 0.25) is 0 Å². The van der Waals surface area contributed by atoms with Crippen LogP contribution in [0.3, 0.4) is 0 Å². The fraction of sp³-hybridized carbons (Fsp3) is 0.692. The van der Waals surface area contributed by atoms with Gasteiger partial charge in [-0.1, -0.05) is 0 Å². The van der Waals surface area contributed by atoms with E-state index in [-0.39, 0.29) is 46.1 Å². The van der Waals surface area contributed by atoms with E-state index in [4.69, 9.17) is 0 Å². The quantitative estimate of drug-likeness (QED) is 0.494. The molecule has 0 radical (unpaired) electrons. The zero-order valence-corrected chi connectivity index (χ0v) is 14.2. The molecule has 82 valence electrons. The van der Waals surface area contributed by atoms with E-state index in [0.29, 0.717) is 0 Å². The normalized spacial score (nSPS) is 8.80. The smallest absolute Gasteiger partial charge is 0.343 e. The Morgan fingerprint density at radius 1 is 0.733 bits per heavy atom. The van der Waals surface area contributed by atoms with Crippen LogP contribution in [0.25, 0.3) is 0 Å². The van der Waals surface area contributed by atoms with E-state index in [2.05, 4.69) is 41.5 Å². The van der Waals surface area contributed by atoms with Crippen molar-refractivity contribution in [1.29, 1.82) is 0 Å². The van der Waals surface area contributed by atoms with Crippen LogP contribution in [0.5, 0.6) is 0 Å². The van der Waals surface area contributed by atoms with Gasteiger partial charge < -0.3 is 25.7 Å². The maximum atomic E-state index is 3.64. The Kier molecular flexibility index (Phi) is 35.4. The molecule has 2 heteroatoms. The van der Waals surface area contributed by atoms with Gasteiger partial charge in [-0.25, -0.2) is 12.8 Å². The van der Waals surface area contributed by atoms with Crippen molar-refractivity contribution in [2.24, 2.45) is 0 Å². The SMILES string of the molecule is C[C-](C)CC[C-](C)C.[CH2-]CCC[CH2-].[Mg+2].[Mg+2]. The first-order valence-corrected chi connectivity index (χ1v) is 5.21. The summed E-state index contributed by atoms with van der Waals surface area (Å²) in [5.74, 6) is 3.07. The van der Waals surface area contributed by atoms with Crippen molar-refractivity contribution in [1.82, 2.24) is 0 Å². The molecule has 0 amide bonds. The average Bonchev–Trinajstić information content (AvgIpc) is 2.03. The molecule has 0 aliphatic carbocycles. The Labute approximate surface area is 131 Å². The van der Waals surface area contributed by atoms with Crippen LogP contribution >= 0.6 is 0 Å². The number of hydrogen-bond donors (Lipinski definition) is 0. The average molecular weight is 231 g/mol. The first-order chi connectivity index (χ1) is 6.04. The number of hydrogen-bond acceptors (Lipinski definition) is 0. The van der Waals surface area contributed by atoms with Gasteiger partial charge in [0.25, 0.3) is 0 Å². The maximum Gasteiger partial charge on any atom is 2.00 e. The minimum Gasteiger partial charge on any atom is -0.343 e. The van der Waals surface area contributed by atoms with Crippen LogP contribution < -0.4 is 0 Å². The first-order valence-electron chi connectivity index (χ1n) is 5.21. The van der Waals surface area contributed by atoms with Crippen LogP contribution in [-0.2, 0) is 0 Å². The second-order valence-electron chi connectivity index (χ2n) is 3.97. The van der Waals surface area contributed by atoms with Crippen LogP contribution in [0.1, 0.15) is 59.8 Å². The Balaban J connectivity index is -0.0000000770. The zero-order valence-electron chi connectivity index (χ0n) is 11.4.